The third-order valence-electron chi connectivity index (χ3n) is 2.29. The highest BCUT2D eigenvalue weighted by Gasteiger charge is 2.31. The molecule has 0 fully saturated rings. The van der Waals surface area contributed by atoms with Crippen LogP contribution in [-0.4, -0.2) is 19.1 Å². The van der Waals surface area contributed by atoms with Crippen LogP contribution in [0.25, 0.3) is 0 Å². The molecule has 0 radical (unpaired) electrons. The average Bonchev–Trinajstić information content (AvgIpc) is 2.24. The minimum absolute atomic E-state index is 0.0774. The molecule has 0 amide bonds. The van der Waals surface area contributed by atoms with Crippen molar-refractivity contribution in [2.75, 3.05) is 18.4 Å². The first-order valence-electron chi connectivity index (χ1n) is 5.64. The van der Waals surface area contributed by atoms with Gasteiger partial charge in [0.15, 0.2) is 0 Å². The van der Waals surface area contributed by atoms with Crippen molar-refractivity contribution < 1.29 is 17.6 Å². The number of halogens is 4. The zero-order valence-electron chi connectivity index (χ0n) is 10.2. The van der Waals surface area contributed by atoms with E-state index in [1.54, 1.807) is 0 Å². The van der Waals surface area contributed by atoms with Crippen molar-refractivity contribution in [1.82, 2.24) is 5.32 Å². The third-order valence-corrected chi connectivity index (χ3v) is 2.29. The van der Waals surface area contributed by atoms with Crippen molar-refractivity contribution in [2.45, 2.75) is 26.1 Å². The molecule has 2 nitrogen and oxygen atoms in total. The molecule has 18 heavy (non-hydrogen) atoms. The molecule has 102 valence electrons. The van der Waals surface area contributed by atoms with Crippen LogP contribution in [0.15, 0.2) is 18.2 Å². The van der Waals surface area contributed by atoms with Crippen LogP contribution in [-0.2, 0) is 6.18 Å². The van der Waals surface area contributed by atoms with Crippen molar-refractivity contribution >= 4 is 5.69 Å². The minimum Gasteiger partial charge on any atom is -0.381 e. The number of benzene rings is 1. The standard InChI is InChI=1S/C12H16F4N2/c1-8(2)17-5-6-18-11-4-3-9(7-10(11)13)12(14,15)16/h3-4,7-8,17-18H,5-6H2,1-2H3. The summed E-state index contributed by atoms with van der Waals surface area (Å²) in [6.07, 6.45) is -4.52. The van der Waals surface area contributed by atoms with Crippen LogP contribution >= 0.6 is 0 Å². The van der Waals surface area contributed by atoms with E-state index >= 15 is 0 Å². The van der Waals surface area contributed by atoms with Crippen LogP contribution in [0.3, 0.4) is 0 Å². The van der Waals surface area contributed by atoms with Gasteiger partial charge in [-0.2, -0.15) is 13.2 Å². The van der Waals surface area contributed by atoms with Crippen molar-refractivity contribution in [3.63, 3.8) is 0 Å². The number of alkyl halides is 3. The van der Waals surface area contributed by atoms with Crippen LogP contribution in [0.2, 0.25) is 0 Å². The Kier molecular flexibility index (Phi) is 4.95. The number of rotatable bonds is 5. The zero-order chi connectivity index (χ0) is 13.8. The molecular formula is C12H16F4N2. The van der Waals surface area contributed by atoms with E-state index in [1.807, 2.05) is 13.8 Å². The molecule has 6 heteroatoms. The van der Waals surface area contributed by atoms with Gasteiger partial charge in [0.1, 0.15) is 5.82 Å². The summed E-state index contributed by atoms with van der Waals surface area (Å²) in [6.45, 7) is 5.00. The predicted molar refractivity (Wildman–Crippen MR) is 63.0 cm³/mol. The normalized spacial score (nSPS) is 11.9. The summed E-state index contributed by atoms with van der Waals surface area (Å²) in [5, 5.41) is 5.85. The molecule has 0 aliphatic heterocycles. The molecule has 0 bridgehead atoms. The Bertz CT molecular complexity index is 388. The summed E-state index contributed by atoms with van der Waals surface area (Å²) in [6, 6.07) is 2.77. The largest absolute Gasteiger partial charge is 0.416 e. The van der Waals surface area contributed by atoms with Gasteiger partial charge < -0.3 is 10.6 Å². The molecule has 0 unspecified atom stereocenters. The monoisotopic (exact) mass is 264 g/mol. The first-order chi connectivity index (χ1) is 8.30. The lowest BCUT2D eigenvalue weighted by Crippen LogP contribution is -2.28. The highest BCUT2D eigenvalue weighted by molar-refractivity contribution is 5.46. The van der Waals surface area contributed by atoms with Crippen LogP contribution in [0.1, 0.15) is 19.4 Å². The van der Waals surface area contributed by atoms with E-state index in [0.29, 0.717) is 25.2 Å². The van der Waals surface area contributed by atoms with E-state index in [0.717, 1.165) is 12.1 Å². The molecule has 0 spiro atoms. The number of anilines is 1. The summed E-state index contributed by atoms with van der Waals surface area (Å²) in [5.74, 6) is -0.894. The van der Waals surface area contributed by atoms with Gasteiger partial charge in [-0.1, -0.05) is 13.8 Å². The summed E-state index contributed by atoms with van der Waals surface area (Å²) >= 11 is 0. The maximum Gasteiger partial charge on any atom is 0.416 e. The molecule has 0 aromatic heterocycles. The van der Waals surface area contributed by atoms with Crippen LogP contribution in [0.4, 0.5) is 23.2 Å². The van der Waals surface area contributed by atoms with Gasteiger partial charge in [0.05, 0.1) is 11.3 Å². The fraction of sp³-hybridized carbons (Fsp3) is 0.500. The number of hydrogen-bond acceptors (Lipinski definition) is 2. The van der Waals surface area contributed by atoms with Gasteiger partial charge in [-0.05, 0) is 18.2 Å². The van der Waals surface area contributed by atoms with Crippen molar-refractivity contribution in [3.05, 3.63) is 29.6 Å². The molecule has 1 aromatic rings. The van der Waals surface area contributed by atoms with Gasteiger partial charge in [-0.15, -0.1) is 0 Å². The Morgan fingerprint density at radius 3 is 2.33 bits per heavy atom. The molecule has 2 N–H and O–H groups in total. The second kappa shape index (κ2) is 6.04. The Labute approximate surface area is 103 Å². The SMILES string of the molecule is CC(C)NCCNc1ccc(C(F)(F)F)cc1F. The predicted octanol–water partition coefficient (Wildman–Crippen LogP) is 3.25. The van der Waals surface area contributed by atoms with E-state index in [1.165, 1.54) is 0 Å². The lowest BCUT2D eigenvalue weighted by molar-refractivity contribution is -0.137. The first-order valence-corrected chi connectivity index (χ1v) is 5.64. The van der Waals surface area contributed by atoms with Gasteiger partial charge in [0.2, 0.25) is 0 Å². The Morgan fingerprint density at radius 1 is 1.17 bits per heavy atom. The first kappa shape index (κ1) is 14.8. The quantitative estimate of drug-likeness (QED) is 0.630. The third kappa shape index (κ3) is 4.52. The Morgan fingerprint density at radius 2 is 1.83 bits per heavy atom. The maximum atomic E-state index is 13.4. The molecule has 1 aromatic carbocycles. The molecule has 0 atom stereocenters. The van der Waals surface area contributed by atoms with Crippen LogP contribution in [0.5, 0.6) is 0 Å². The lowest BCUT2D eigenvalue weighted by atomic mass is 10.2. The summed E-state index contributed by atoms with van der Waals surface area (Å²) in [5.41, 5.74) is -0.903. The van der Waals surface area contributed by atoms with Gasteiger partial charge in [0, 0.05) is 19.1 Å². The molecule has 0 heterocycles. The number of nitrogens with one attached hydrogen (secondary N) is 2. The van der Waals surface area contributed by atoms with Crippen LogP contribution in [0, 0.1) is 5.82 Å². The highest BCUT2D eigenvalue weighted by Crippen LogP contribution is 2.31. The minimum atomic E-state index is -4.52. The summed E-state index contributed by atoms with van der Waals surface area (Å²) in [4.78, 5) is 0. The molecule has 0 aliphatic rings. The van der Waals surface area contributed by atoms with Crippen molar-refractivity contribution in [3.8, 4) is 0 Å². The summed E-state index contributed by atoms with van der Waals surface area (Å²) < 4.78 is 50.3. The topological polar surface area (TPSA) is 24.1 Å². The van der Waals surface area contributed by atoms with Gasteiger partial charge >= 0.3 is 6.18 Å². The van der Waals surface area contributed by atoms with Crippen molar-refractivity contribution in [2.24, 2.45) is 0 Å². The Balaban J connectivity index is 2.58. The molecule has 0 saturated heterocycles. The van der Waals surface area contributed by atoms with Crippen molar-refractivity contribution in [1.29, 1.82) is 0 Å². The number of hydrogen-bond donors (Lipinski definition) is 2. The van der Waals surface area contributed by atoms with E-state index < -0.39 is 17.6 Å². The van der Waals surface area contributed by atoms with Crippen LogP contribution < -0.4 is 10.6 Å². The lowest BCUT2D eigenvalue weighted by Gasteiger charge is -2.12. The zero-order valence-corrected chi connectivity index (χ0v) is 10.2. The molecule has 0 aliphatic carbocycles. The van der Waals surface area contributed by atoms with Gasteiger partial charge in [-0.25, -0.2) is 4.39 Å². The van der Waals surface area contributed by atoms with Gasteiger partial charge in [0.25, 0.3) is 0 Å². The smallest absolute Gasteiger partial charge is 0.381 e. The maximum absolute atomic E-state index is 13.4. The fourth-order valence-corrected chi connectivity index (χ4v) is 1.39. The van der Waals surface area contributed by atoms with E-state index in [2.05, 4.69) is 10.6 Å². The van der Waals surface area contributed by atoms with E-state index in [-0.39, 0.29) is 5.69 Å². The average molecular weight is 264 g/mol. The molecule has 0 saturated carbocycles. The van der Waals surface area contributed by atoms with E-state index in [9.17, 15) is 17.6 Å². The second-order valence-electron chi connectivity index (χ2n) is 4.23. The molecule has 1 rings (SSSR count). The highest BCUT2D eigenvalue weighted by atomic mass is 19.4. The Hall–Kier alpha value is -1.30. The fourth-order valence-electron chi connectivity index (χ4n) is 1.39. The second-order valence-corrected chi connectivity index (χ2v) is 4.23. The van der Waals surface area contributed by atoms with Gasteiger partial charge in [-0.3, -0.25) is 0 Å². The molecular weight excluding hydrogens is 248 g/mol. The summed E-state index contributed by atoms with van der Waals surface area (Å²) in [7, 11) is 0. The van der Waals surface area contributed by atoms with E-state index in [4.69, 9.17) is 0 Å².